The van der Waals surface area contributed by atoms with Gasteiger partial charge in [-0.3, -0.25) is 4.79 Å². The second-order valence-electron chi connectivity index (χ2n) is 5.10. The number of nitrogens with zero attached hydrogens (tertiary/aromatic N) is 1. The predicted octanol–water partition coefficient (Wildman–Crippen LogP) is 3.38. The van der Waals surface area contributed by atoms with Crippen molar-refractivity contribution >= 4 is 21.9 Å². The smallest absolute Gasteiger partial charge is 0.259 e. The van der Waals surface area contributed by atoms with Gasteiger partial charge in [-0.15, -0.1) is 0 Å². The van der Waals surface area contributed by atoms with Gasteiger partial charge in [0.15, 0.2) is 0 Å². The maximum absolute atomic E-state index is 12.4. The standard InChI is InChI=1S/C17H13N3O/c1-10-11-6-2-3-7-12(11)20-17(21)15(10)16-18-13-8-4-5-9-14(13)19-16/h2-9H,1H3,(H,18,19)(H,20,21). The van der Waals surface area contributed by atoms with E-state index in [9.17, 15) is 4.79 Å². The first kappa shape index (κ1) is 11.9. The van der Waals surface area contributed by atoms with Crippen LogP contribution < -0.4 is 5.56 Å². The van der Waals surface area contributed by atoms with E-state index in [2.05, 4.69) is 15.0 Å². The number of rotatable bonds is 1. The fourth-order valence-corrected chi connectivity index (χ4v) is 2.77. The van der Waals surface area contributed by atoms with Crippen LogP contribution in [0.15, 0.2) is 53.3 Å². The Morgan fingerprint density at radius 3 is 2.43 bits per heavy atom. The van der Waals surface area contributed by atoms with E-state index in [1.165, 1.54) is 0 Å². The highest BCUT2D eigenvalue weighted by Crippen LogP contribution is 2.25. The minimum Gasteiger partial charge on any atom is -0.338 e. The van der Waals surface area contributed by atoms with Gasteiger partial charge in [0.2, 0.25) is 0 Å². The lowest BCUT2D eigenvalue weighted by atomic mass is 10.0. The summed E-state index contributed by atoms with van der Waals surface area (Å²) in [6.45, 7) is 1.96. The van der Waals surface area contributed by atoms with Crippen molar-refractivity contribution in [3.05, 3.63) is 64.4 Å². The summed E-state index contributed by atoms with van der Waals surface area (Å²) in [5, 5.41) is 1.03. The van der Waals surface area contributed by atoms with E-state index >= 15 is 0 Å². The second-order valence-corrected chi connectivity index (χ2v) is 5.10. The molecule has 0 fully saturated rings. The fourth-order valence-electron chi connectivity index (χ4n) is 2.77. The van der Waals surface area contributed by atoms with Gasteiger partial charge in [-0.2, -0.15) is 0 Å². The highest BCUT2D eigenvalue weighted by Gasteiger charge is 2.14. The monoisotopic (exact) mass is 275 g/mol. The van der Waals surface area contributed by atoms with Gasteiger partial charge in [-0.05, 0) is 30.7 Å². The molecule has 0 aliphatic rings. The van der Waals surface area contributed by atoms with E-state index in [-0.39, 0.29) is 5.56 Å². The topological polar surface area (TPSA) is 61.5 Å². The third-order valence-electron chi connectivity index (χ3n) is 3.81. The third-order valence-corrected chi connectivity index (χ3v) is 3.81. The second kappa shape index (κ2) is 4.31. The van der Waals surface area contributed by atoms with Crippen molar-refractivity contribution in [3.8, 4) is 11.4 Å². The molecule has 2 aromatic carbocycles. The lowest BCUT2D eigenvalue weighted by Gasteiger charge is -2.06. The highest BCUT2D eigenvalue weighted by molar-refractivity contribution is 5.88. The van der Waals surface area contributed by atoms with Crippen LogP contribution in [0.5, 0.6) is 0 Å². The van der Waals surface area contributed by atoms with Crippen LogP contribution in [-0.2, 0) is 0 Å². The zero-order valence-corrected chi connectivity index (χ0v) is 11.5. The van der Waals surface area contributed by atoms with Crippen molar-refractivity contribution in [1.29, 1.82) is 0 Å². The molecule has 0 amide bonds. The summed E-state index contributed by atoms with van der Waals surface area (Å²) in [6.07, 6.45) is 0. The lowest BCUT2D eigenvalue weighted by molar-refractivity contribution is 1.23. The highest BCUT2D eigenvalue weighted by atomic mass is 16.1. The van der Waals surface area contributed by atoms with Crippen LogP contribution in [0.4, 0.5) is 0 Å². The number of pyridine rings is 1. The van der Waals surface area contributed by atoms with Gasteiger partial charge >= 0.3 is 0 Å². The molecule has 0 aliphatic carbocycles. The Morgan fingerprint density at radius 1 is 0.905 bits per heavy atom. The molecule has 102 valence electrons. The molecule has 4 rings (SSSR count). The molecule has 0 spiro atoms. The largest absolute Gasteiger partial charge is 0.338 e. The summed E-state index contributed by atoms with van der Waals surface area (Å²) < 4.78 is 0. The first-order chi connectivity index (χ1) is 10.2. The van der Waals surface area contributed by atoms with Gasteiger partial charge in [0.25, 0.3) is 5.56 Å². The molecule has 21 heavy (non-hydrogen) atoms. The molecule has 4 nitrogen and oxygen atoms in total. The molecular weight excluding hydrogens is 262 g/mol. The summed E-state index contributed by atoms with van der Waals surface area (Å²) in [7, 11) is 0. The maximum atomic E-state index is 12.4. The molecule has 2 aromatic heterocycles. The zero-order chi connectivity index (χ0) is 14.4. The van der Waals surface area contributed by atoms with Crippen molar-refractivity contribution in [1.82, 2.24) is 15.0 Å². The quantitative estimate of drug-likeness (QED) is 0.559. The Morgan fingerprint density at radius 2 is 1.62 bits per heavy atom. The Kier molecular flexibility index (Phi) is 2.44. The average molecular weight is 275 g/mol. The number of benzene rings is 2. The normalized spacial score (nSPS) is 11.3. The van der Waals surface area contributed by atoms with Crippen molar-refractivity contribution < 1.29 is 0 Å². The fraction of sp³-hybridized carbons (Fsp3) is 0.0588. The van der Waals surface area contributed by atoms with Crippen molar-refractivity contribution in [3.63, 3.8) is 0 Å². The average Bonchev–Trinajstić information content (AvgIpc) is 2.90. The molecule has 0 saturated carbocycles. The van der Waals surface area contributed by atoms with Crippen molar-refractivity contribution in [2.45, 2.75) is 6.92 Å². The van der Waals surface area contributed by atoms with E-state index in [0.29, 0.717) is 11.4 Å². The molecular formula is C17H13N3O. The Labute approximate surface area is 120 Å². The molecule has 0 unspecified atom stereocenters. The van der Waals surface area contributed by atoms with E-state index in [0.717, 1.165) is 27.5 Å². The lowest BCUT2D eigenvalue weighted by Crippen LogP contribution is -2.12. The third kappa shape index (κ3) is 1.76. The van der Waals surface area contributed by atoms with Gasteiger partial charge in [0.05, 0.1) is 16.6 Å². The van der Waals surface area contributed by atoms with Gasteiger partial charge in [-0.1, -0.05) is 30.3 Å². The first-order valence-electron chi connectivity index (χ1n) is 6.81. The van der Waals surface area contributed by atoms with E-state index in [1.54, 1.807) is 0 Å². The molecule has 2 heterocycles. The molecule has 0 saturated heterocycles. The minimum absolute atomic E-state index is 0.120. The summed E-state index contributed by atoms with van der Waals surface area (Å²) in [6, 6.07) is 15.6. The number of fused-ring (bicyclic) bond motifs is 2. The van der Waals surface area contributed by atoms with Gasteiger partial charge in [-0.25, -0.2) is 4.98 Å². The number of imidazole rings is 1. The molecule has 0 radical (unpaired) electrons. The van der Waals surface area contributed by atoms with Gasteiger partial charge in [0, 0.05) is 10.9 Å². The number of aromatic nitrogens is 3. The van der Waals surface area contributed by atoms with Gasteiger partial charge in [0.1, 0.15) is 5.82 Å². The van der Waals surface area contributed by atoms with E-state index in [1.807, 2.05) is 55.5 Å². The van der Waals surface area contributed by atoms with Crippen LogP contribution in [0.25, 0.3) is 33.3 Å². The molecule has 0 atom stereocenters. The number of H-pyrrole nitrogens is 2. The number of hydrogen-bond donors (Lipinski definition) is 2. The number of aromatic amines is 2. The predicted molar refractivity (Wildman–Crippen MR) is 84.4 cm³/mol. The summed E-state index contributed by atoms with van der Waals surface area (Å²) in [5.41, 5.74) is 4.06. The summed E-state index contributed by atoms with van der Waals surface area (Å²) >= 11 is 0. The van der Waals surface area contributed by atoms with Crippen LogP contribution in [0, 0.1) is 6.92 Å². The van der Waals surface area contributed by atoms with Gasteiger partial charge < -0.3 is 9.97 Å². The molecule has 0 aliphatic heterocycles. The Hall–Kier alpha value is -2.88. The maximum Gasteiger partial charge on any atom is 0.259 e. The molecule has 4 aromatic rings. The van der Waals surface area contributed by atoms with E-state index in [4.69, 9.17) is 0 Å². The zero-order valence-electron chi connectivity index (χ0n) is 11.5. The number of para-hydroxylation sites is 3. The first-order valence-corrected chi connectivity index (χ1v) is 6.81. The summed E-state index contributed by atoms with van der Waals surface area (Å²) in [4.78, 5) is 23.1. The van der Waals surface area contributed by atoms with Crippen LogP contribution in [-0.4, -0.2) is 15.0 Å². The SMILES string of the molecule is Cc1c(-c2nc3ccccc3[nH]2)c(=O)[nH]c2ccccc12. The van der Waals surface area contributed by atoms with E-state index < -0.39 is 0 Å². The number of aryl methyl sites for hydroxylation is 1. The Balaban J connectivity index is 2.08. The van der Waals surface area contributed by atoms with Crippen LogP contribution in [0.1, 0.15) is 5.56 Å². The van der Waals surface area contributed by atoms with Crippen molar-refractivity contribution in [2.24, 2.45) is 0 Å². The molecule has 2 N–H and O–H groups in total. The minimum atomic E-state index is -0.120. The van der Waals surface area contributed by atoms with Crippen LogP contribution in [0.2, 0.25) is 0 Å². The van der Waals surface area contributed by atoms with Crippen LogP contribution >= 0.6 is 0 Å². The molecule has 4 heteroatoms. The number of nitrogens with one attached hydrogen (secondary N) is 2. The van der Waals surface area contributed by atoms with Crippen molar-refractivity contribution in [2.75, 3.05) is 0 Å². The molecule has 0 bridgehead atoms. The summed E-state index contributed by atoms with van der Waals surface area (Å²) in [5.74, 6) is 0.612. The number of hydrogen-bond acceptors (Lipinski definition) is 2. The Bertz CT molecular complexity index is 994. The van der Waals surface area contributed by atoms with Crippen LogP contribution in [0.3, 0.4) is 0 Å².